The quantitative estimate of drug-likeness (QED) is 0.417. The number of hydrogen-bond donors (Lipinski definition) is 0. The first-order chi connectivity index (χ1) is 14.4. The van der Waals surface area contributed by atoms with Crippen molar-refractivity contribution in [1.29, 1.82) is 0 Å². The molecule has 2 aromatic carbocycles. The van der Waals surface area contributed by atoms with Gasteiger partial charge in [-0.1, -0.05) is 29.4 Å². The van der Waals surface area contributed by atoms with Crippen LogP contribution >= 0.6 is 23.4 Å². The molecule has 3 aromatic rings. The lowest BCUT2D eigenvalue weighted by Gasteiger charge is -2.14. The molecule has 0 radical (unpaired) electrons. The minimum absolute atomic E-state index is 0.0728. The van der Waals surface area contributed by atoms with Crippen LogP contribution in [0.5, 0.6) is 11.5 Å². The molecule has 1 unspecified atom stereocenters. The highest BCUT2D eigenvalue weighted by atomic mass is 35.5. The summed E-state index contributed by atoms with van der Waals surface area (Å²) in [5.74, 6) is 2.17. The Hall–Kier alpha value is -2.51. The third-order valence-corrected chi connectivity index (χ3v) is 6.04. The number of carbonyl (C=O) groups excluding carboxylic acids is 1. The molecule has 0 bridgehead atoms. The van der Waals surface area contributed by atoms with Crippen molar-refractivity contribution in [1.82, 2.24) is 14.8 Å². The first-order valence-corrected chi connectivity index (χ1v) is 10.9. The van der Waals surface area contributed by atoms with Gasteiger partial charge in [0.1, 0.15) is 23.9 Å². The summed E-state index contributed by atoms with van der Waals surface area (Å²) < 4.78 is 13.3. The Labute approximate surface area is 185 Å². The predicted molar refractivity (Wildman–Crippen MR) is 119 cm³/mol. The van der Waals surface area contributed by atoms with Gasteiger partial charge >= 0.3 is 0 Å². The fraction of sp³-hybridized carbons (Fsp3) is 0.318. The minimum atomic E-state index is -0.242. The molecular weight excluding hydrogens is 422 g/mol. The van der Waals surface area contributed by atoms with Crippen molar-refractivity contribution in [3.63, 3.8) is 0 Å². The summed E-state index contributed by atoms with van der Waals surface area (Å²) in [6.07, 6.45) is 0. The molecule has 6 nitrogen and oxygen atoms in total. The van der Waals surface area contributed by atoms with Gasteiger partial charge in [0.25, 0.3) is 0 Å². The molecule has 3 rings (SSSR count). The molecule has 158 valence electrons. The minimum Gasteiger partial charge on any atom is -0.494 e. The Balaban J connectivity index is 1.88. The van der Waals surface area contributed by atoms with Gasteiger partial charge < -0.3 is 9.47 Å². The molecule has 1 aromatic heterocycles. The summed E-state index contributed by atoms with van der Waals surface area (Å²) in [4.78, 5) is 11.8. The van der Waals surface area contributed by atoms with Crippen LogP contribution in [0.1, 0.15) is 32.2 Å². The monoisotopic (exact) mass is 445 g/mol. The number of carbonyl (C=O) groups is 1. The number of hydrogen-bond acceptors (Lipinski definition) is 6. The highest BCUT2D eigenvalue weighted by molar-refractivity contribution is 8.00. The number of nitrogens with zero attached hydrogens (tertiary/aromatic N) is 3. The average molecular weight is 446 g/mol. The van der Waals surface area contributed by atoms with Crippen LogP contribution in [0.3, 0.4) is 0 Å². The normalized spacial score (nSPS) is 11.9. The van der Waals surface area contributed by atoms with E-state index in [1.807, 2.05) is 67.8 Å². The Morgan fingerprint density at radius 1 is 1.13 bits per heavy atom. The van der Waals surface area contributed by atoms with Gasteiger partial charge in [-0.2, -0.15) is 0 Å². The first-order valence-electron chi connectivity index (χ1n) is 9.62. The summed E-state index contributed by atoms with van der Waals surface area (Å²) in [6, 6.07) is 13.2. The average Bonchev–Trinajstić information content (AvgIpc) is 3.12. The molecule has 1 atom stereocenters. The lowest BCUT2D eigenvalue weighted by atomic mass is 10.2. The third kappa shape index (κ3) is 5.34. The maximum atomic E-state index is 11.8. The zero-order valence-corrected chi connectivity index (χ0v) is 19.0. The van der Waals surface area contributed by atoms with Crippen LogP contribution in [-0.4, -0.2) is 32.4 Å². The fourth-order valence-electron chi connectivity index (χ4n) is 2.64. The Kier molecular flexibility index (Phi) is 7.39. The number of benzene rings is 2. The van der Waals surface area contributed by atoms with E-state index in [2.05, 4.69) is 10.2 Å². The molecule has 8 heteroatoms. The summed E-state index contributed by atoms with van der Waals surface area (Å²) in [5.41, 5.74) is 1.80. The number of ketones is 1. The SMILES string of the molecule is CCOc1ccc(OCc2nnc(SC(C)C(C)=O)n2-c2ccc(C)c(Cl)c2)cc1. The van der Waals surface area contributed by atoms with E-state index in [-0.39, 0.29) is 17.6 Å². The van der Waals surface area contributed by atoms with Gasteiger partial charge in [0.05, 0.1) is 17.5 Å². The van der Waals surface area contributed by atoms with Crippen LogP contribution in [0.25, 0.3) is 5.69 Å². The van der Waals surface area contributed by atoms with Crippen molar-refractivity contribution in [2.24, 2.45) is 0 Å². The number of ether oxygens (including phenoxy) is 2. The molecule has 0 N–H and O–H groups in total. The van der Waals surface area contributed by atoms with Gasteiger partial charge in [-0.05, 0) is 69.7 Å². The molecule has 0 saturated heterocycles. The van der Waals surface area contributed by atoms with Crippen molar-refractivity contribution in [3.05, 3.63) is 58.9 Å². The van der Waals surface area contributed by atoms with Crippen LogP contribution in [0.2, 0.25) is 5.02 Å². The summed E-state index contributed by atoms with van der Waals surface area (Å²) >= 11 is 7.70. The highest BCUT2D eigenvalue weighted by Crippen LogP contribution is 2.29. The lowest BCUT2D eigenvalue weighted by Crippen LogP contribution is -2.11. The van der Waals surface area contributed by atoms with Gasteiger partial charge in [-0.15, -0.1) is 10.2 Å². The molecule has 0 aliphatic heterocycles. The standard InChI is InChI=1S/C22H24ClN3O3S/c1-5-28-18-8-10-19(11-9-18)29-13-21-24-25-22(30-16(4)15(3)27)26(21)17-7-6-14(2)20(23)12-17/h6-12,16H,5,13H2,1-4H3. The van der Waals surface area contributed by atoms with E-state index in [1.165, 1.54) is 11.8 Å². The van der Waals surface area contributed by atoms with Crippen LogP contribution in [0, 0.1) is 6.92 Å². The molecule has 0 amide bonds. The van der Waals surface area contributed by atoms with E-state index in [0.717, 1.165) is 17.0 Å². The Morgan fingerprint density at radius 3 is 2.40 bits per heavy atom. The number of aromatic nitrogens is 3. The second kappa shape index (κ2) is 10.00. The van der Waals surface area contributed by atoms with Crippen LogP contribution < -0.4 is 9.47 Å². The number of Topliss-reactive ketones (excluding diaryl/α,β-unsaturated/α-hetero) is 1. The second-order valence-corrected chi connectivity index (χ2v) is 8.45. The van der Waals surface area contributed by atoms with E-state index < -0.39 is 0 Å². The third-order valence-electron chi connectivity index (χ3n) is 4.47. The van der Waals surface area contributed by atoms with E-state index in [9.17, 15) is 4.79 Å². The molecule has 0 aliphatic rings. The molecular formula is C22H24ClN3O3S. The Bertz CT molecular complexity index is 1020. The van der Waals surface area contributed by atoms with Crippen molar-refractivity contribution in [3.8, 4) is 17.2 Å². The van der Waals surface area contributed by atoms with Gasteiger partial charge in [0.2, 0.25) is 0 Å². The van der Waals surface area contributed by atoms with E-state index in [4.69, 9.17) is 21.1 Å². The maximum Gasteiger partial charge on any atom is 0.196 e. The van der Waals surface area contributed by atoms with Crippen molar-refractivity contribution in [2.75, 3.05) is 6.61 Å². The van der Waals surface area contributed by atoms with Crippen molar-refractivity contribution >= 4 is 29.1 Å². The Morgan fingerprint density at radius 2 is 1.80 bits per heavy atom. The van der Waals surface area contributed by atoms with Gasteiger partial charge in [0, 0.05) is 5.02 Å². The number of thioether (sulfide) groups is 1. The zero-order chi connectivity index (χ0) is 21.7. The lowest BCUT2D eigenvalue weighted by molar-refractivity contribution is -0.116. The molecule has 0 aliphatic carbocycles. The summed E-state index contributed by atoms with van der Waals surface area (Å²) in [6.45, 7) is 8.13. The fourth-order valence-corrected chi connectivity index (χ4v) is 3.70. The zero-order valence-electron chi connectivity index (χ0n) is 17.4. The van der Waals surface area contributed by atoms with E-state index in [1.54, 1.807) is 6.92 Å². The van der Waals surface area contributed by atoms with Gasteiger partial charge in [-0.3, -0.25) is 9.36 Å². The summed E-state index contributed by atoms with van der Waals surface area (Å²) in [5, 5.41) is 9.63. The maximum absolute atomic E-state index is 11.8. The molecule has 1 heterocycles. The molecule has 0 spiro atoms. The molecule has 0 fully saturated rings. The largest absolute Gasteiger partial charge is 0.494 e. The van der Waals surface area contributed by atoms with Gasteiger partial charge in [0.15, 0.2) is 11.0 Å². The molecule has 30 heavy (non-hydrogen) atoms. The highest BCUT2D eigenvalue weighted by Gasteiger charge is 2.20. The second-order valence-electron chi connectivity index (χ2n) is 6.73. The first kappa shape index (κ1) is 22.2. The van der Waals surface area contributed by atoms with Gasteiger partial charge in [-0.25, -0.2) is 0 Å². The van der Waals surface area contributed by atoms with Crippen molar-refractivity contribution in [2.45, 2.75) is 44.7 Å². The number of aryl methyl sites for hydroxylation is 1. The van der Waals surface area contributed by atoms with Crippen molar-refractivity contribution < 1.29 is 14.3 Å². The number of halogens is 1. The number of rotatable bonds is 9. The van der Waals surface area contributed by atoms with Crippen LogP contribution in [-0.2, 0) is 11.4 Å². The van der Waals surface area contributed by atoms with E-state index >= 15 is 0 Å². The van der Waals surface area contributed by atoms with E-state index in [0.29, 0.717) is 28.4 Å². The molecule has 0 saturated carbocycles. The topological polar surface area (TPSA) is 66.2 Å². The van der Waals surface area contributed by atoms with Crippen LogP contribution in [0.15, 0.2) is 47.6 Å². The smallest absolute Gasteiger partial charge is 0.196 e. The summed E-state index contributed by atoms with van der Waals surface area (Å²) in [7, 11) is 0. The van der Waals surface area contributed by atoms with Crippen LogP contribution in [0.4, 0.5) is 0 Å². The predicted octanol–water partition coefficient (Wildman–Crippen LogP) is 5.28.